The second-order valence-corrected chi connectivity index (χ2v) is 4.69. The lowest BCUT2D eigenvalue weighted by Gasteiger charge is -2.13. The molecule has 1 heterocycles. The molecule has 0 aliphatic carbocycles. The van der Waals surface area contributed by atoms with Gasteiger partial charge < -0.3 is 15.4 Å². The van der Waals surface area contributed by atoms with E-state index < -0.39 is 0 Å². The molecule has 1 aromatic carbocycles. The van der Waals surface area contributed by atoms with Gasteiger partial charge in [-0.05, 0) is 43.6 Å². The second kappa shape index (κ2) is 6.66. The van der Waals surface area contributed by atoms with Crippen molar-refractivity contribution in [2.75, 3.05) is 18.5 Å². The van der Waals surface area contributed by atoms with Crippen LogP contribution < -0.4 is 10.6 Å². The van der Waals surface area contributed by atoms with Gasteiger partial charge in [-0.2, -0.15) is 0 Å². The highest BCUT2D eigenvalue weighted by Gasteiger charge is 2.14. The summed E-state index contributed by atoms with van der Waals surface area (Å²) in [6.45, 7) is 1.60. The molecule has 3 nitrogen and oxygen atoms in total. The smallest absolute Gasteiger partial charge is 0.170 e. The molecule has 0 bridgehead atoms. The maximum atomic E-state index is 13.3. The van der Waals surface area contributed by atoms with Gasteiger partial charge >= 0.3 is 0 Å². The van der Waals surface area contributed by atoms with Crippen LogP contribution in [0.4, 0.5) is 10.1 Å². The lowest BCUT2D eigenvalue weighted by molar-refractivity contribution is 0.105. The van der Waals surface area contributed by atoms with Gasteiger partial charge in [0.2, 0.25) is 0 Å². The summed E-state index contributed by atoms with van der Waals surface area (Å²) in [5, 5.41) is 6.34. The number of hydrogen-bond acceptors (Lipinski definition) is 2. The number of ether oxygens (including phenoxy) is 1. The van der Waals surface area contributed by atoms with Gasteiger partial charge in [-0.15, -0.1) is 0 Å². The minimum Gasteiger partial charge on any atom is -0.378 e. The Balaban J connectivity index is 1.70. The average Bonchev–Trinajstić information content (AvgIpc) is 2.85. The van der Waals surface area contributed by atoms with E-state index >= 15 is 0 Å². The molecule has 1 aliphatic heterocycles. The highest BCUT2D eigenvalue weighted by atomic mass is 32.1. The molecular weight excluding hydrogens is 251 g/mol. The van der Waals surface area contributed by atoms with Gasteiger partial charge in [-0.3, -0.25) is 0 Å². The third-order valence-corrected chi connectivity index (χ3v) is 3.14. The summed E-state index contributed by atoms with van der Waals surface area (Å²) in [6.07, 6.45) is 3.53. The Morgan fingerprint density at radius 3 is 3.00 bits per heavy atom. The van der Waals surface area contributed by atoms with E-state index in [2.05, 4.69) is 10.6 Å². The number of benzene rings is 1. The van der Waals surface area contributed by atoms with Gasteiger partial charge in [0.25, 0.3) is 0 Å². The summed E-state index contributed by atoms with van der Waals surface area (Å²) in [5.41, 5.74) is 0.395. The van der Waals surface area contributed by atoms with Crippen LogP contribution in [0.2, 0.25) is 0 Å². The van der Waals surface area contributed by atoms with Crippen LogP contribution in [0.1, 0.15) is 19.3 Å². The lowest BCUT2D eigenvalue weighted by atomic mass is 10.2. The Bertz CT molecular complexity index is 408. The van der Waals surface area contributed by atoms with E-state index in [0.29, 0.717) is 16.9 Å². The van der Waals surface area contributed by atoms with E-state index in [0.717, 1.165) is 32.4 Å². The molecular formula is C13H17FN2OS. The van der Waals surface area contributed by atoms with Gasteiger partial charge in [0.05, 0.1) is 11.8 Å². The van der Waals surface area contributed by atoms with Crippen molar-refractivity contribution in [3.8, 4) is 0 Å². The highest BCUT2D eigenvalue weighted by molar-refractivity contribution is 7.80. The molecule has 18 heavy (non-hydrogen) atoms. The minimum atomic E-state index is -0.305. The molecule has 2 N–H and O–H groups in total. The summed E-state index contributed by atoms with van der Waals surface area (Å²) in [5.74, 6) is -0.305. The fourth-order valence-corrected chi connectivity index (χ4v) is 2.16. The molecule has 1 atom stereocenters. The standard InChI is InChI=1S/C13H17FN2OS/c14-11-5-1-2-6-12(11)16-13(18)15-8-7-10-4-3-9-17-10/h1-2,5-6,10H,3-4,7-9H2,(H2,15,16,18). The van der Waals surface area contributed by atoms with Crippen LogP contribution in [0, 0.1) is 5.82 Å². The number of thiocarbonyl (C=S) groups is 1. The first-order chi connectivity index (χ1) is 8.75. The molecule has 0 radical (unpaired) electrons. The van der Waals surface area contributed by atoms with Gasteiger partial charge in [-0.1, -0.05) is 12.1 Å². The molecule has 1 aromatic rings. The maximum Gasteiger partial charge on any atom is 0.170 e. The van der Waals surface area contributed by atoms with E-state index in [-0.39, 0.29) is 5.82 Å². The molecule has 98 valence electrons. The molecule has 2 rings (SSSR count). The van der Waals surface area contributed by atoms with Gasteiger partial charge in [0.15, 0.2) is 5.11 Å². The Hall–Kier alpha value is -1.20. The van der Waals surface area contributed by atoms with Crippen molar-refractivity contribution in [2.45, 2.75) is 25.4 Å². The van der Waals surface area contributed by atoms with Crippen molar-refractivity contribution in [1.29, 1.82) is 0 Å². The van der Waals surface area contributed by atoms with Crippen molar-refractivity contribution < 1.29 is 9.13 Å². The first-order valence-electron chi connectivity index (χ1n) is 6.16. The number of halogens is 1. The quantitative estimate of drug-likeness (QED) is 0.823. The van der Waals surface area contributed by atoms with Gasteiger partial charge in [0, 0.05) is 13.2 Å². The number of nitrogens with one attached hydrogen (secondary N) is 2. The molecule has 0 aromatic heterocycles. The third kappa shape index (κ3) is 3.92. The zero-order valence-corrected chi connectivity index (χ0v) is 10.9. The highest BCUT2D eigenvalue weighted by Crippen LogP contribution is 2.14. The van der Waals surface area contributed by atoms with Crippen molar-refractivity contribution in [3.05, 3.63) is 30.1 Å². The fourth-order valence-electron chi connectivity index (χ4n) is 1.95. The molecule has 0 spiro atoms. The zero-order chi connectivity index (χ0) is 12.8. The number of hydrogen-bond donors (Lipinski definition) is 2. The molecule has 0 amide bonds. The molecule has 0 saturated carbocycles. The van der Waals surface area contributed by atoms with Crippen LogP contribution in [0.15, 0.2) is 24.3 Å². The largest absolute Gasteiger partial charge is 0.378 e. The van der Waals surface area contributed by atoms with Crippen LogP contribution in [0.3, 0.4) is 0 Å². The van der Waals surface area contributed by atoms with E-state index in [1.54, 1.807) is 18.2 Å². The summed E-state index contributed by atoms with van der Waals surface area (Å²) in [6, 6.07) is 6.47. The Kier molecular flexibility index (Phi) is 4.90. The van der Waals surface area contributed by atoms with Crippen molar-refractivity contribution >= 4 is 23.0 Å². The van der Waals surface area contributed by atoms with Crippen molar-refractivity contribution in [3.63, 3.8) is 0 Å². The summed E-state index contributed by atoms with van der Waals surface area (Å²) >= 11 is 5.11. The number of anilines is 1. The Labute approximate surface area is 112 Å². The fraction of sp³-hybridized carbons (Fsp3) is 0.462. The van der Waals surface area contributed by atoms with Crippen LogP contribution >= 0.6 is 12.2 Å². The predicted octanol–water partition coefficient (Wildman–Crippen LogP) is 2.68. The van der Waals surface area contributed by atoms with Crippen LogP contribution in [0.25, 0.3) is 0 Å². The third-order valence-electron chi connectivity index (χ3n) is 2.90. The van der Waals surface area contributed by atoms with Crippen LogP contribution in [0.5, 0.6) is 0 Å². The van der Waals surface area contributed by atoms with Crippen molar-refractivity contribution in [1.82, 2.24) is 5.32 Å². The Morgan fingerprint density at radius 1 is 1.44 bits per heavy atom. The monoisotopic (exact) mass is 268 g/mol. The second-order valence-electron chi connectivity index (χ2n) is 4.28. The van der Waals surface area contributed by atoms with E-state index in [1.165, 1.54) is 6.07 Å². The normalized spacial score (nSPS) is 18.6. The van der Waals surface area contributed by atoms with E-state index in [1.807, 2.05) is 0 Å². The molecule has 1 aliphatic rings. The SMILES string of the molecule is Fc1ccccc1NC(=S)NCCC1CCCO1. The van der Waals surface area contributed by atoms with E-state index in [4.69, 9.17) is 17.0 Å². The first kappa shape index (κ1) is 13.2. The maximum absolute atomic E-state index is 13.3. The predicted molar refractivity (Wildman–Crippen MR) is 74.2 cm³/mol. The summed E-state index contributed by atoms with van der Waals surface area (Å²) < 4.78 is 18.9. The minimum absolute atomic E-state index is 0.305. The van der Waals surface area contributed by atoms with Crippen LogP contribution in [-0.2, 0) is 4.74 Å². The summed E-state index contributed by atoms with van der Waals surface area (Å²) in [7, 11) is 0. The van der Waals surface area contributed by atoms with Crippen molar-refractivity contribution in [2.24, 2.45) is 0 Å². The molecule has 1 fully saturated rings. The molecule has 1 unspecified atom stereocenters. The number of rotatable bonds is 4. The Morgan fingerprint density at radius 2 is 2.28 bits per heavy atom. The first-order valence-corrected chi connectivity index (χ1v) is 6.57. The topological polar surface area (TPSA) is 33.3 Å². The molecule has 1 saturated heterocycles. The van der Waals surface area contributed by atoms with Crippen LogP contribution in [-0.4, -0.2) is 24.4 Å². The molecule has 5 heteroatoms. The average molecular weight is 268 g/mol. The summed E-state index contributed by atoms with van der Waals surface area (Å²) in [4.78, 5) is 0. The number of para-hydroxylation sites is 1. The van der Waals surface area contributed by atoms with E-state index in [9.17, 15) is 4.39 Å². The van der Waals surface area contributed by atoms with Gasteiger partial charge in [0.1, 0.15) is 5.82 Å². The lowest BCUT2D eigenvalue weighted by Crippen LogP contribution is -2.31. The zero-order valence-electron chi connectivity index (χ0n) is 10.1. The van der Waals surface area contributed by atoms with Gasteiger partial charge in [-0.25, -0.2) is 4.39 Å².